The Labute approximate surface area is 197 Å². The summed E-state index contributed by atoms with van der Waals surface area (Å²) >= 11 is 0. The molecule has 9 nitrogen and oxygen atoms in total. The molecule has 0 spiro atoms. The van der Waals surface area contributed by atoms with Crippen LogP contribution < -0.4 is 20.9 Å². The highest BCUT2D eigenvalue weighted by Gasteiger charge is 2.22. The summed E-state index contributed by atoms with van der Waals surface area (Å²) in [5, 5.41) is 5.27. The Morgan fingerprint density at radius 3 is 2.21 bits per heavy atom. The van der Waals surface area contributed by atoms with E-state index >= 15 is 0 Å². The molecular weight excluding hydrogens is 456 g/mol. The molecule has 0 bridgehead atoms. The van der Waals surface area contributed by atoms with Crippen molar-refractivity contribution >= 4 is 27.5 Å². The van der Waals surface area contributed by atoms with Crippen LogP contribution in [0.5, 0.6) is 0 Å². The first-order valence-electron chi connectivity index (χ1n) is 10.5. The highest BCUT2D eigenvalue weighted by atomic mass is 32.2. The lowest BCUT2D eigenvalue weighted by Gasteiger charge is -2.15. The molecule has 0 aliphatic heterocycles. The van der Waals surface area contributed by atoms with Gasteiger partial charge in [0.25, 0.3) is 5.56 Å². The zero-order valence-electron chi connectivity index (χ0n) is 18.8. The predicted octanol–water partition coefficient (Wildman–Crippen LogP) is 1.84. The SMILES string of the molecule is CC(=O)Nc1ccc(S(=O)(=O)N[C@@H](C)C(=O)NCc2ccc(Cn3ccccc3=O)cc2)cc1. The molecule has 0 saturated heterocycles. The number of carbonyl (C=O) groups is 2. The summed E-state index contributed by atoms with van der Waals surface area (Å²) in [6.07, 6.45) is 1.72. The Kier molecular flexibility index (Phi) is 7.98. The molecule has 2 aromatic carbocycles. The first-order chi connectivity index (χ1) is 16.1. The number of pyridine rings is 1. The summed E-state index contributed by atoms with van der Waals surface area (Å²) in [6, 6.07) is 17.1. The minimum Gasteiger partial charge on any atom is -0.351 e. The van der Waals surface area contributed by atoms with E-state index in [2.05, 4.69) is 15.4 Å². The predicted molar refractivity (Wildman–Crippen MR) is 129 cm³/mol. The lowest BCUT2D eigenvalue weighted by molar-refractivity contribution is -0.122. The molecule has 0 unspecified atom stereocenters. The van der Waals surface area contributed by atoms with Gasteiger partial charge in [0, 0.05) is 31.4 Å². The quantitative estimate of drug-likeness (QED) is 0.429. The maximum absolute atomic E-state index is 12.6. The van der Waals surface area contributed by atoms with Crippen LogP contribution in [0, 0.1) is 0 Å². The van der Waals surface area contributed by atoms with E-state index in [-0.39, 0.29) is 22.9 Å². The van der Waals surface area contributed by atoms with E-state index in [1.807, 2.05) is 24.3 Å². The second-order valence-corrected chi connectivity index (χ2v) is 9.46. The zero-order valence-corrected chi connectivity index (χ0v) is 19.6. The molecule has 0 saturated carbocycles. The Balaban J connectivity index is 1.53. The Morgan fingerprint density at radius 1 is 0.941 bits per heavy atom. The van der Waals surface area contributed by atoms with Crippen LogP contribution >= 0.6 is 0 Å². The number of aromatic nitrogens is 1. The van der Waals surface area contributed by atoms with Crippen molar-refractivity contribution in [3.8, 4) is 0 Å². The smallest absolute Gasteiger partial charge is 0.250 e. The van der Waals surface area contributed by atoms with E-state index in [0.29, 0.717) is 12.2 Å². The van der Waals surface area contributed by atoms with E-state index < -0.39 is 22.0 Å². The number of anilines is 1. The van der Waals surface area contributed by atoms with Gasteiger partial charge >= 0.3 is 0 Å². The highest BCUT2D eigenvalue weighted by molar-refractivity contribution is 7.89. The second-order valence-electron chi connectivity index (χ2n) is 7.75. The Bertz CT molecular complexity index is 1320. The van der Waals surface area contributed by atoms with Gasteiger partial charge < -0.3 is 15.2 Å². The number of sulfonamides is 1. The molecular formula is C24H26N4O5S. The molecule has 0 radical (unpaired) electrons. The van der Waals surface area contributed by atoms with Crippen LogP contribution in [0.3, 0.4) is 0 Å². The van der Waals surface area contributed by atoms with Crippen molar-refractivity contribution < 1.29 is 18.0 Å². The molecule has 2 amide bonds. The van der Waals surface area contributed by atoms with Gasteiger partial charge in [-0.15, -0.1) is 0 Å². The van der Waals surface area contributed by atoms with E-state index in [1.54, 1.807) is 22.9 Å². The molecule has 0 aliphatic carbocycles. The lowest BCUT2D eigenvalue weighted by Crippen LogP contribution is -2.44. The van der Waals surface area contributed by atoms with Crippen LogP contribution in [0.4, 0.5) is 5.69 Å². The largest absolute Gasteiger partial charge is 0.351 e. The third-order valence-electron chi connectivity index (χ3n) is 4.95. The van der Waals surface area contributed by atoms with Crippen LogP contribution in [-0.2, 0) is 32.7 Å². The monoisotopic (exact) mass is 482 g/mol. The van der Waals surface area contributed by atoms with Gasteiger partial charge in [0.1, 0.15) is 0 Å². The summed E-state index contributed by atoms with van der Waals surface area (Å²) in [5.74, 6) is -0.737. The number of benzene rings is 2. The number of amides is 2. The summed E-state index contributed by atoms with van der Waals surface area (Å²) in [7, 11) is -3.92. The van der Waals surface area contributed by atoms with Crippen LogP contribution in [0.1, 0.15) is 25.0 Å². The highest BCUT2D eigenvalue weighted by Crippen LogP contribution is 2.14. The number of nitrogens with one attached hydrogen (secondary N) is 3. The molecule has 3 aromatic rings. The minimum atomic E-state index is -3.92. The van der Waals surface area contributed by atoms with Crippen molar-refractivity contribution in [2.75, 3.05) is 5.32 Å². The van der Waals surface area contributed by atoms with Crippen LogP contribution in [-0.4, -0.2) is 30.8 Å². The van der Waals surface area contributed by atoms with Crippen LogP contribution in [0.2, 0.25) is 0 Å². The first kappa shape index (κ1) is 24.9. The van der Waals surface area contributed by atoms with Gasteiger partial charge in [-0.1, -0.05) is 30.3 Å². The van der Waals surface area contributed by atoms with Gasteiger partial charge in [0.05, 0.1) is 17.5 Å². The Morgan fingerprint density at radius 2 is 1.59 bits per heavy atom. The third kappa shape index (κ3) is 6.87. The van der Waals surface area contributed by atoms with Crippen molar-refractivity contribution in [3.05, 3.63) is 94.4 Å². The molecule has 3 rings (SSSR count). The molecule has 10 heteroatoms. The van der Waals surface area contributed by atoms with Gasteiger partial charge in [-0.25, -0.2) is 8.42 Å². The maximum Gasteiger partial charge on any atom is 0.250 e. The van der Waals surface area contributed by atoms with E-state index in [4.69, 9.17) is 0 Å². The van der Waals surface area contributed by atoms with Gasteiger partial charge in [-0.05, 0) is 48.4 Å². The van der Waals surface area contributed by atoms with E-state index in [9.17, 15) is 22.8 Å². The zero-order chi connectivity index (χ0) is 24.7. The van der Waals surface area contributed by atoms with E-state index in [1.165, 1.54) is 44.2 Å². The third-order valence-corrected chi connectivity index (χ3v) is 6.51. The fourth-order valence-electron chi connectivity index (χ4n) is 3.17. The summed E-state index contributed by atoms with van der Waals surface area (Å²) < 4.78 is 29.1. The van der Waals surface area contributed by atoms with Crippen LogP contribution in [0.25, 0.3) is 0 Å². The summed E-state index contributed by atoms with van der Waals surface area (Å²) in [5.41, 5.74) is 2.16. The fourth-order valence-corrected chi connectivity index (χ4v) is 4.37. The van der Waals surface area contributed by atoms with Gasteiger partial charge in [0.2, 0.25) is 21.8 Å². The summed E-state index contributed by atoms with van der Waals surface area (Å²) in [6.45, 7) is 3.48. The molecule has 3 N–H and O–H groups in total. The number of nitrogens with zero attached hydrogens (tertiary/aromatic N) is 1. The molecule has 1 heterocycles. The number of hydrogen-bond donors (Lipinski definition) is 3. The van der Waals surface area contributed by atoms with E-state index in [0.717, 1.165) is 11.1 Å². The molecule has 34 heavy (non-hydrogen) atoms. The average Bonchev–Trinajstić information content (AvgIpc) is 2.79. The first-order valence-corrected chi connectivity index (χ1v) is 12.0. The van der Waals surface area contributed by atoms with Crippen molar-refractivity contribution in [1.82, 2.24) is 14.6 Å². The minimum absolute atomic E-state index is 0.0191. The lowest BCUT2D eigenvalue weighted by atomic mass is 10.1. The van der Waals surface area contributed by atoms with Crippen molar-refractivity contribution in [2.24, 2.45) is 0 Å². The van der Waals surface area contributed by atoms with Crippen molar-refractivity contribution in [3.63, 3.8) is 0 Å². The molecule has 1 aromatic heterocycles. The maximum atomic E-state index is 12.6. The standard InChI is InChI=1S/C24H26N4O5S/c1-17(27-34(32,33)22-12-10-21(11-13-22)26-18(2)29)24(31)25-15-19-6-8-20(9-7-19)16-28-14-4-3-5-23(28)30/h3-14,17,27H,15-16H2,1-2H3,(H,25,31)(H,26,29)/t17-/m0/s1. The number of carbonyl (C=O) groups excluding carboxylic acids is 2. The number of hydrogen-bond acceptors (Lipinski definition) is 5. The molecule has 1 atom stereocenters. The summed E-state index contributed by atoms with van der Waals surface area (Å²) in [4.78, 5) is 35.3. The van der Waals surface area contributed by atoms with Crippen molar-refractivity contribution in [2.45, 2.75) is 37.9 Å². The topological polar surface area (TPSA) is 126 Å². The van der Waals surface area contributed by atoms with Crippen LogP contribution in [0.15, 0.2) is 82.6 Å². The average molecular weight is 483 g/mol. The fraction of sp³-hybridized carbons (Fsp3) is 0.208. The second kappa shape index (κ2) is 10.9. The van der Waals surface area contributed by atoms with Gasteiger partial charge in [-0.3, -0.25) is 14.4 Å². The Hall–Kier alpha value is -3.76. The number of rotatable bonds is 9. The normalized spacial score (nSPS) is 12.1. The molecule has 178 valence electrons. The van der Waals surface area contributed by atoms with Gasteiger partial charge in [0.15, 0.2) is 0 Å². The van der Waals surface area contributed by atoms with Gasteiger partial charge in [-0.2, -0.15) is 4.72 Å². The molecule has 0 fully saturated rings. The molecule has 0 aliphatic rings. The van der Waals surface area contributed by atoms with Crippen molar-refractivity contribution in [1.29, 1.82) is 0 Å².